The maximum Gasteiger partial charge on any atom is 0.0434 e. The summed E-state index contributed by atoms with van der Waals surface area (Å²) in [6.07, 6.45) is 1.66. The highest BCUT2D eigenvalue weighted by Crippen LogP contribution is 2.09. The lowest BCUT2D eigenvalue weighted by Crippen LogP contribution is -1.86. The van der Waals surface area contributed by atoms with Crippen molar-refractivity contribution in [3.63, 3.8) is 0 Å². The van der Waals surface area contributed by atoms with Gasteiger partial charge >= 0.3 is 0 Å². The van der Waals surface area contributed by atoms with E-state index >= 15 is 0 Å². The second kappa shape index (κ2) is 4.33. The van der Waals surface area contributed by atoms with E-state index in [0.29, 0.717) is 0 Å². The molecule has 9 heavy (non-hydrogen) atoms. The van der Waals surface area contributed by atoms with Gasteiger partial charge in [0.05, 0.1) is 0 Å². The average Bonchev–Trinajstić information content (AvgIpc) is 1.82. The molecule has 0 heterocycles. The Balaban J connectivity index is 3.39. The van der Waals surface area contributed by atoms with Gasteiger partial charge in [-0.3, -0.25) is 0 Å². The standard InChI is InChI=1S/C8H14O/c1-7(2)8(3)5-4-6-9/h9H,1,3-6H2,2H3. The highest BCUT2D eigenvalue weighted by Gasteiger charge is 1.92. The molecule has 1 heteroatoms. The van der Waals surface area contributed by atoms with E-state index in [-0.39, 0.29) is 6.61 Å². The number of allylic oxidation sites excluding steroid dienone is 2. The van der Waals surface area contributed by atoms with Crippen molar-refractivity contribution >= 4 is 0 Å². The van der Waals surface area contributed by atoms with Crippen LogP contribution in [-0.4, -0.2) is 11.7 Å². The number of aliphatic hydroxyl groups excluding tert-OH is 1. The first-order valence-electron chi connectivity index (χ1n) is 3.13. The molecule has 0 amide bonds. The van der Waals surface area contributed by atoms with Crippen molar-refractivity contribution in [3.8, 4) is 0 Å². The fraction of sp³-hybridized carbons (Fsp3) is 0.500. The fourth-order valence-electron chi connectivity index (χ4n) is 0.506. The van der Waals surface area contributed by atoms with Crippen LogP contribution < -0.4 is 0 Å². The number of aliphatic hydroxyl groups is 1. The second-order valence-corrected chi connectivity index (χ2v) is 2.21. The molecule has 0 bridgehead atoms. The van der Waals surface area contributed by atoms with Gasteiger partial charge in [-0.2, -0.15) is 0 Å². The van der Waals surface area contributed by atoms with E-state index in [1.165, 1.54) is 0 Å². The normalized spacial score (nSPS) is 9.11. The Bertz CT molecular complexity index is 114. The predicted molar refractivity (Wildman–Crippen MR) is 40.3 cm³/mol. The molecule has 0 aromatic heterocycles. The lowest BCUT2D eigenvalue weighted by molar-refractivity contribution is 0.289. The fourth-order valence-corrected chi connectivity index (χ4v) is 0.506. The minimum Gasteiger partial charge on any atom is -0.396 e. The third-order valence-corrected chi connectivity index (χ3v) is 1.24. The summed E-state index contributed by atoms with van der Waals surface area (Å²) in [6, 6.07) is 0. The molecule has 0 unspecified atom stereocenters. The monoisotopic (exact) mass is 126 g/mol. The van der Waals surface area contributed by atoms with Crippen LogP contribution in [0.5, 0.6) is 0 Å². The van der Waals surface area contributed by atoms with Crippen LogP contribution in [0.25, 0.3) is 0 Å². The first-order valence-corrected chi connectivity index (χ1v) is 3.13. The molecular formula is C8H14O. The van der Waals surface area contributed by atoms with Crippen LogP contribution in [-0.2, 0) is 0 Å². The van der Waals surface area contributed by atoms with Crippen molar-refractivity contribution < 1.29 is 5.11 Å². The zero-order valence-electron chi connectivity index (χ0n) is 5.98. The summed E-state index contributed by atoms with van der Waals surface area (Å²) in [6.45, 7) is 9.68. The van der Waals surface area contributed by atoms with Crippen LogP contribution in [0.3, 0.4) is 0 Å². The number of rotatable bonds is 4. The van der Waals surface area contributed by atoms with Gasteiger partial charge in [0.15, 0.2) is 0 Å². The summed E-state index contributed by atoms with van der Waals surface area (Å²) >= 11 is 0. The zero-order valence-corrected chi connectivity index (χ0v) is 5.98. The molecule has 0 spiro atoms. The van der Waals surface area contributed by atoms with E-state index in [1.54, 1.807) is 0 Å². The van der Waals surface area contributed by atoms with Crippen molar-refractivity contribution in [2.45, 2.75) is 19.8 Å². The molecule has 0 aliphatic carbocycles. The summed E-state index contributed by atoms with van der Waals surface area (Å²) in [7, 11) is 0. The summed E-state index contributed by atoms with van der Waals surface area (Å²) in [5, 5.41) is 8.43. The van der Waals surface area contributed by atoms with Crippen LogP contribution in [0.2, 0.25) is 0 Å². The topological polar surface area (TPSA) is 20.2 Å². The van der Waals surface area contributed by atoms with Gasteiger partial charge in [-0.15, -0.1) is 0 Å². The zero-order chi connectivity index (χ0) is 7.28. The van der Waals surface area contributed by atoms with Crippen molar-refractivity contribution in [1.29, 1.82) is 0 Å². The van der Waals surface area contributed by atoms with Gasteiger partial charge in [-0.25, -0.2) is 0 Å². The maximum absolute atomic E-state index is 8.43. The van der Waals surface area contributed by atoms with E-state index in [2.05, 4.69) is 13.2 Å². The van der Waals surface area contributed by atoms with Gasteiger partial charge in [0, 0.05) is 6.61 Å². The molecule has 0 atom stereocenters. The molecule has 0 saturated carbocycles. The molecule has 1 N–H and O–H groups in total. The first kappa shape index (κ1) is 8.44. The van der Waals surface area contributed by atoms with Gasteiger partial charge in [0.2, 0.25) is 0 Å². The molecule has 0 radical (unpaired) electrons. The van der Waals surface area contributed by atoms with Crippen molar-refractivity contribution in [2.24, 2.45) is 0 Å². The van der Waals surface area contributed by atoms with Crippen LogP contribution in [0.15, 0.2) is 24.3 Å². The molecule has 0 saturated heterocycles. The van der Waals surface area contributed by atoms with Gasteiger partial charge in [0.25, 0.3) is 0 Å². The van der Waals surface area contributed by atoms with Crippen LogP contribution in [0, 0.1) is 0 Å². The van der Waals surface area contributed by atoms with E-state index < -0.39 is 0 Å². The quantitative estimate of drug-likeness (QED) is 0.570. The molecule has 0 fully saturated rings. The second-order valence-electron chi connectivity index (χ2n) is 2.21. The molecule has 0 aliphatic rings. The Labute approximate surface area is 56.7 Å². The Kier molecular flexibility index (Phi) is 4.06. The first-order chi connectivity index (χ1) is 4.18. The van der Waals surface area contributed by atoms with E-state index in [9.17, 15) is 0 Å². The number of hydrogen-bond acceptors (Lipinski definition) is 1. The summed E-state index contributed by atoms with van der Waals surface area (Å²) in [4.78, 5) is 0. The smallest absolute Gasteiger partial charge is 0.0434 e. The predicted octanol–water partition coefficient (Wildman–Crippen LogP) is 1.89. The SMILES string of the molecule is C=C(C)C(=C)CCCO. The summed E-state index contributed by atoms with van der Waals surface area (Å²) < 4.78 is 0. The minimum absolute atomic E-state index is 0.242. The Morgan fingerprint density at radius 2 is 2.00 bits per heavy atom. The lowest BCUT2D eigenvalue weighted by Gasteiger charge is -2.00. The molecule has 52 valence electrons. The largest absolute Gasteiger partial charge is 0.396 e. The Hall–Kier alpha value is -0.560. The Morgan fingerprint density at radius 1 is 1.44 bits per heavy atom. The third-order valence-electron chi connectivity index (χ3n) is 1.24. The average molecular weight is 126 g/mol. The highest BCUT2D eigenvalue weighted by atomic mass is 16.2. The van der Waals surface area contributed by atoms with Gasteiger partial charge in [0.1, 0.15) is 0 Å². The van der Waals surface area contributed by atoms with Crippen LogP contribution in [0.4, 0.5) is 0 Å². The number of hydrogen-bond donors (Lipinski definition) is 1. The molecule has 0 aromatic carbocycles. The summed E-state index contributed by atoms with van der Waals surface area (Å²) in [5.41, 5.74) is 2.06. The maximum atomic E-state index is 8.43. The van der Waals surface area contributed by atoms with Crippen molar-refractivity contribution in [2.75, 3.05) is 6.61 Å². The van der Waals surface area contributed by atoms with Crippen molar-refractivity contribution in [1.82, 2.24) is 0 Å². The minimum atomic E-state index is 0.242. The highest BCUT2D eigenvalue weighted by molar-refractivity contribution is 5.22. The van der Waals surface area contributed by atoms with Crippen molar-refractivity contribution in [3.05, 3.63) is 24.3 Å². The summed E-state index contributed by atoms with van der Waals surface area (Å²) in [5.74, 6) is 0. The lowest BCUT2D eigenvalue weighted by atomic mass is 10.1. The van der Waals surface area contributed by atoms with E-state index in [1.807, 2.05) is 6.92 Å². The molecule has 0 aliphatic heterocycles. The van der Waals surface area contributed by atoms with Gasteiger partial charge in [-0.05, 0) is 19.8 Å². The third kappa shape index (κ3) is 3.98. The van der Waals surface area contributed by atoms with Gasteiger partial charge < -0.3 is 5.11 Å². The van der Waals surface area contributed by atoms with Crippen LogP contribution >= 0.6 is 0 Å². The van der Waals surface area contributed by atoms with E-state index in [0.717, 1.165) is 24.0 Å². The molecular weight excluding hydrogens is 112 g/mol. The Morgan fingerprint density at radius 3 is 2.33 bits per heavy atom. The van der Waals surface area contributed by atoms with E-state index in [4.69, 9.17) is 5.11 Å². The van der Waals surface area contributed by atoms with Gasteiger partial charge in [-0.1, -0.05) is 24.3 Å². The molecule has 1 nitrogen and oxygen atoms in total. The molecule has 0 rings (SSSR count). The van der Waals surface area contributed by atoms with Crippen LogP contribution in [0.1, 0.15) is 19.8 Å². The molecule has 0 aromatic rings.